The zero-order valence-electron chi connectivity index (χ0n) is 11.8. The molecule has 0 aliphatic carbocycles. The average Bonchev–Trinajstić information content (AvgIpc) is 2.83. The Morgan fingerprint density at radius 3 is 2.63 bits per heavy atom. The molecule has 4 heteroatoms. The summed E-state index contributed by atoms with van der Waals surface area (Å²) in [6.45, 7) is 5.80. The second-order valence-electron chi connectivity index (χ2n) is 4.66. The van der Waals surface area contributed by atoms with Gasteiger partial charge in [-0.3, -0.25) is 4.68 Å². The number of nitrogens with one attached hydrogen (secondary N) is 1. The number of benzene rings is 1. The van der Waals surface area contributed by atoms with Gasteiger partial charge in [-0.2, -0.15) is 5.10 Å². The van der Waals surface area contributed by atoms with E-state index in [0.29, 0.717) is 12.6 Å². The van der Waals surface area contributed by atoms with Crippen LogP contribution in [0.5, 0.6) is 5.75 Å². The van der Waals surface area contributed by atoms with Crippen molar-refractivity contribution in [1.29, 1.82) is 0 Å². The summed E-state index contributed by atoms with van der Waals surface area (Å²) >= 11 is 0. The van der Waals surface area contributed by atoms with E-state index in [1.165, 1.54) is 5.56 Å². The predicted octanol–water partition coefficient (Wildman–Crippen LogP) is 2.67. The lowest BCUT2D eigenvalue weighted by atomic mass is 10.1. The molecule has 1 aromatic heterocycles. The molecule has 102 valence electrons. The monoisotopic (exact) mass is 259 g/mol. The first kappa shape index (κ1) is 13.6. The van der Waals surface area contributed by atoms with E-state index in [1.807, 2.05) is 31.6 Å². The highest BCUT2D eigenvalue weighted by atomic mass is 16.5. The van der Waals surface area contributed by atoms with Crippen molar-refractivity contribution in [1.82, 2.24) is 15.1 Å². The Morgan fingerprint density at radius 1 is 1.32 bits per heavy atom. The van der Waals surface area contributed by atoms with E-state index in [0.717, 1.165) is 17.9 Å². The summed E-state index contributed by atoms with van der Waals surface area (Å²) in [5, 5.41) is 7.51. The smallest absolute Gasteiger partial charge is 0.119 e. The summed E-state index contributed by atoms with van der Waals surface area (Å²) in [7, 11) is 1.90. The van der Waals surface area contributed by atoms with Crippen molar-refractivity contribution in [2.75, 3.05) is 6.54 Å². The molecule has 1 heterocycles. The number of ether oxygens (including phenoxy) is 1. The van der Waals surface area contributed by atoms with Crippen molar-refractivity contribution in [3.63, 3.8) is 0 Å². The lowest BCUT2D eigenvalue weighted by molar-refractivity contribution is 0.306. The SMILES string of the molecule is CCNC(C)c1ccc(OCc2cnn(C)c2)cc1. The Hall–Kier alpha value is -1.81. The van der Waals surface area contributed by atoms with E-state index >= 15 is 0 Å². The van der Waals surface area contributed by atoms with Crippen LogP contribution in [0.25, 0.3) is 0 Å². The van der Waals surface area contributed by atoms with Crippen LogP contribution >= 0.6 is 0 Å². The van der Waals surface area contributed by atoms with Gasteiger partial charge in [-0.1, -0.05) is 19.1 Å². The second kappa shape index (κ2) is 6.38. The molecule has 1 aromatic carbocycles. The minimum absolute atomic E-state index is 0.373. The molecule has 0 saturated heterocycles. The highest BCUT2D eigenvalue weighted by Gasteiger charge is 2.04. The molecule has 0 amide bonds. The van der Waals surface area contributed by atoms with Gasteiger partial charge >= 0.3 is 0 Å². The number of rotatable bonds is 6. The molecule has 0 radical (unpaired) electrons. The summed E-state index contributed by atoms with van der Waals surface area (Å²) in [6.07, 6.45) is 3.78. The first-order valence-corrected chi connectivity index (χ1v) is 6.62. The Bertz CT molecular complexity index is 504. The lowest BCUT2D eigenvalue weighted by Crippen LogP contribution is -2.17. The molecule has 2 rings (SSSR count). The molecule has 4 nitrogen and oxygen atoms in total. The number of aryl methyl sites for hydroxylation is 1. The van der Waals surface area contributed by atoms with Gasteiger partial charge in [-0.25, -0.2) is 0 Å². The van der Waals surface area contributed by atoms with Gasteiger partial charge in [0, 0.05) is 24.8 Å². The van der Waals surface area contributed by atoms with Crippen LogP contribution in [-0.2, 0) is 13.7 Å². The molecule has 19 heavy (non-hydrogen) atoms. The van der Waals surface area contributed by atoms with Crippen LogP contribution in [0.4, 0.5) is 0 Å². The topological polar surface area (TPSA) is 39.1 Å². The Kier molecular flexibility index (Phi) is 4.58. The minimum Gasteiger partial charge on any atom is -0.489 e. The van der Waals surface area contributed by atoms with Crippen LogP contribution in [0.15, 0.2) is 36.7 Å². The van der Waals surface area contributed by atoms with Crippen molar-refractivity contribution >= 4 is 0 Å². The van der Waals surface area contributed by atoms with Gasteiger partial charge in [0.15, 0.2) is 0 Å². The van der Waals surface area contributed by atoms with Crippen molar-refractivity contribution < 1.29 is 4.74 Å². The van der Waals surface area contributed by atoms with Crippen molar-refractivity contribution in [2.24, 2.45) is 7.05 Å². The standard InChI is InChI=1S/C15H21N3O/c1-4-16-12(2)14-5-7-15(8-6-14)19-11-13-9-17-18(3)10-13/h5-10,12,16H,4,11H2,1-3H3. The summed E-state index contributed by atoms with van der Waals surface area (Å²) < 4.78 is 7.50. The van der Waals surface area contributed by atoms with E-state index in [4.69, 9.17) is 4.74 Å². The third-order valence-corrected chi connectivity index (χ3v) is 3.05. The first-order valence-electron chi connectivity index (χ1n) is 6.62. The molecule has 1 N–H and O–H groups in total. The third-order valence-electron chi connectivity index (χ3n) is 3.05. The lowest BCUT2D eigenvalue weighted by Gasteiger charge is -2.13. The molecule has 1 atom stereocenters. The molecular weight excluding hydrogens is 238 g/mol. The van der Waals surface area contributed by atoms with E-state index in [1.54, 1.807) is 4.68 Å². The van der Waals surface area contributed by atoms with E-state index in [-0.39, 0.29) is 0 Å². The molecule has 0 aliphatic heterocycles. The first-order chi connectivity index (χ1) is 9.19. The molecule has 0 aliphatic rings. The Labute approximate surface area is 114 Å². The fourth-order valence-corrected chi connectivity index (χ4v) is 1.99. The summed E-state index contributed by atoms with van der Waals surface area (Å²) in [4.78, 5) is 0. The molecule has 0 bridgehead atoms. The average molecular weight is 259 g/mol. The molecular formula is C15H21N3O. The zero-order chi connectivity index (χ0) is 13.7. The van der Waals surface area contributed by atoms with Crippen LogP contribution in [0.2, 0.25) is 0 Å². The Balaban J connectivity index is 1.91. The summed E-state index contributed by atoms with van der Waals surface area (Å²) in [5.74, 6) is 0.885. The Morgan fingerprint density at radius 2 is 2.05 bits per heavy atom. The summed E-state index contributed by atoms with van der Waals surface area (Å²) in [5.41, 5.74) is 2.35. The second-order valence-corrected chi connectivity index (χ2v) is 4.66. The van der Waals surface area contributed by atoms with Crippen molar-refractivity contribution in [3.05, 3.63) is 47.8 Å². The van der Waals surface area contributed by atoms with Crippen LogP contribution < -0.4 is 10.1 Å². The van der Waals surface area contributed by atoms with Crippen molar-refractivity contribution in [3.8, 4) is 5.75 Å². The highest BCUT2D eigenvalue weighted by molar-refractivity contribution is 5.29. The maximum atomic E-state index is 5.73. The number of aromatic nitrogens is 2. The maximum Gasteiger partial charge on any atom is 0.119 e. The van der Waals surface area contributed by atoms with E-state index in [2.05, 4.69) is 36.4 Å². The predicted molar refractivity (Wildman–Crippen MR) is 76.1 cm³/mol. The van der Waals surface area contributed by atoms with Gasteiger partial charge in [-0.15, -0.1) is 0 Å². The van der Waals surface area contributed by atoms with Gasteiger partial charge in [0.1, 0.15) is 12.4 Å². The minimum atomic E-state index is 0.373. The largest absolute Gasteiger partial charge is 0.489 e. The normalized spacial score (nSPS) is 12.4. The van der Waals surface area contributed by atoms with Crippen LogP contribution in [0.1, 0.15) is 31.0 Å². The van der Waals surface area contributed by atoms with Gasteiger partial charge in [0.05, 0.1) is 6.20 Å². The molecule has 1 unspecified atom stereocenters. The number of nitrogens with zero attached hydrogens (tertiary/aromatic N) is 2. The van der Waals surface area contributed by atoms with Crippen LogP contribution in [0.3, 0.4) is 0 Å². The van der Waals surface area contributed by atoms with Gasteiger partial charge in [-0.05, 0) is 31.2 Å². The number of hydrogen-bond acceptors (Lipinski definition) is 3. The molecule has 0 spiro atoms. The maximum absolute atomic E-state index is 5.73. The van der Waals surface area contributed by atoms with E-state index < -0.39 is 0 Å². The number of hydrogen-bond donors (Lipinski definition) is 1. The van der Waals surface area contributed by atoms with Gasteiger partial charge < -0.3 is 10.1 Å². The van der Waals surface area contributed by atoms with Gasteiger partial charge in [0.2, 0.25) is 0 Å². The van der Waals surface area contributed by atoms with Crippen LogP contribution in [-0.4, -0.2) is 16.3 Å². The molecule has 2 aromatic rings. The van der Waals surface area contributed by atoms with Gasteiger partial charge in [0.25, 0.3) is 0 Å². The zero-order valence-corrected chi connectivity index (χ0v) is 11.8. The van der Waals surface area contributed by atoms with E-state index in [9.17, 15) is 0 Å². The molecule has 0 fully saturated rings. The third kappa shape index (κ3) is 3.83. The quantitative estimate of drug-likeness (QED) is 0.867. The van der Waals surface area contributed by atoms with Crippen molar-refractivity contribution in [2.45, 2.75) is 26.5 Å². The summed E-state index contributed by atoms with van der Waals surface area (Å²) in [6, 6.07) is 8.61. The fraction of sp³-hybridized carbons (Fsp3) is 0.400. The molecule has 0 saturated carbocycles. The fourth-order valence-electron chi connectivity index (χ4n) is 1.99. The highest BCUT2D eigenvalue weighted by Crippen LogP contribution is 2.18. The van der Waals surface area contributed by atoms with Crippen LogP contribution in [0, 0.1) is 0 Å².